The van der Waals surface area contributed by atoms with E-state index >= 15 is 0 Å². The van der Waals surface area contributed by atoms with Gasteiger partial charge in [0.25, 0.3) is 11.6 Å². The molecular weight excluding hydrogens is 392 g/mol. The van der Waals surface area contributed by atoms with Gasteiger partial charge in [0, 0.05) is 23.7 Å². The van der Waals surface area contributed by atoms with E-state index in [-0.39, 0.29) is 23.2 Å². The molecule has 9 nitrogen and oxygen atoms in total. The second kappa shape index (κ2) is 8.74. The molecule has 3 rings (SSSR count). The molecule has 2 N–H and O–H groups in total. The van der Waals surface area contributed by atoms with Gasteiger partial charge in [0.15, 0.2) is 0 Å². The third kappa shape index (κ3) is 4.91. The quantitative estimate of drug-likeness (QED) is 0.436. The zero-order chi connectivity index (χ0) is 21.0. The molecule has 0 saturated carbocycles. The summed E-state index contributed by atoms with van der Waals surface area (Å²) < 4.78 is 0. The highest BCUT2D eigenvalue weighted by Gasteiger charge is 2.20. The first-order valence-corrected chi connectivity index (χ1v) is 9.77. The lowest BCUT2D eigenvalue weighted by atomic mass is 10.1. The summed E-state index contributed by atoms with van der Waals surface area (Å²) in [7, 11) is 0. The van der Waals surface area contributed by atoms with Crippen molar-refractivity contribution in [3.05, 3.63) is 69.0 Å². The Morgan fingerprint density at radius 1 is 1.17 bits per heavy atom. The van der Waals surface area contributed by atoms with Gasteiger partial charge in [-0.25, -0.2) is 0 Å². The number of nitro benzene ring substituents is 1. The van der Waals surface area contributed by atoms with Crippen LogP contribution in [-0.2, 0) is 0 Å². The smallest absolute Gasteiger partial charge is 0.293 e. The molecule has 150 valence electrons. The molecule has 3 aromatic rings. The summed E-state index contributed by atoms with van der Waals surface area (Å²) in [5.74, 6) is -0.283. The number of anilines is 2. The van der Waals surface area contributed by atoms with Gasteiger partial charge in [0.2, 0.25) is 5.13 Å². The number of pyridine rings is 1. The lowest BCUT2D eigenvalue weighted by molar-refractivity contribution is -0.384. The summed E-state index contributed by atoms with van der Waals surface area (Å²) in [6.07, 6.45) is 1.66. The van der Waals surface area contributed by atoms with E-state index in [1.807, 2.05) is 32.9 Å². The second-order valence-corrected chi connectivity index (χ2v) is 7.67. The molecule has 0 fully saturated rings. The van der Waals surface area contributed by atoms with Gasteiger partial charge in [-0.2, -0.15) is 0 Å². The molecule has 1 atom stereocenters. The lowest BCUT2D eigenvalue weighted by Gasteiger charge is -2.15. The van der Waals surface area contributed by atoms with Crippen molar-refractivity contribution in [3.8, 4) is 0 Å². The van der Waals surface area contributed by atoms with Crippen LogP contribution in [0.4, 0.5) is 16.5 Å². The van der Waals surface area contributed by atoms with E-state index in [0.717, 1.165) is 10.7 Å². The van der Waals surface area contributed by atoms with Crippen LogP contribution in [-0.4, -0.2) is 26.0 Å². The molecule has 29 heavy (non-hydrogen) atoms. The minimum Gasteiger partial charge on any atom is -0.371 e. The molecule has 2 aromatic heterocycles. The molecule has 0 aliphatic carbocycles. The molecule has 0 radical (unpaired) electrons. The SMILES string of the molecule is CC(C)c1nnc(NC(=O)c2ccc(NC(C)c3ccccn3)c([N+](=O)[O-])c2)s1. The van der Waals surface area contributed by atoms with E-state index in [4.69, 9.17) is 0 Å². The Hall–Kier alpha value is -3.40. The van der Waals surface area contributed by atoms with Crippen molar-refractivity contribution in [2.24, 2.45) is 0 Å². The third-order valence-electron chi connectivity index (χ3n) is 4.12. The Kier molecular flexibility index (Phi) is 6.13. The van der Waals surface area contributed by atoms with Gasteiger partial charge in [-0.3, -0.25) is 25.2 Å². The van der Waals surface area contributed by atoms with E-state index in [9.17, 15) is 14.9 Å². The van der Waals surface area contributed by atoms with E-state index < -0.39 is 10.8 Å². The molecule has 0 saturated heterocycles. The number of carbonyl (C=O) groups is 1. The molecule has 1 unspecified atom stereocenters. The van der Waals surface area contributed by atoms with E-state index in [1.165, 1.54) is 29.5 Å². The highest BCUT2D eigenvalue weighted by Crippen LogP contribution is 2.29. The number of carbonyl (C=O) groups excluding carboxylic acids is 1. The summed E-state index contributed by atoms with van der Waals surface area (Å²) in [4.78, 5) is 27.8. The van der Waals surface area contributed by atoms with Crippen molar-refractivity contribution in [1.29, 1.82) is 0 Å². The van der Waals surface area contributed by atoms with Gasteiger partial charge >= 0.3 is 0 Å². The molecule has 0 spiro atoms. The van der Waals surface area contributed by atoms with Crippen molar-refractivity contribution >= 4 is 33.8 Å². The number of benzene rings is 1. The largest absolute Gasteiger partial charge is 0.371 e. The number of nitrogens with one attached hydrogen (secondary N) is 2. The zero-order valence-corrected chi connectivity index (χ0v) is 16.9. The Bertz CT molecular complexity index is 1020. The Balaban J connectivity index is 1.79. The van der Waals surface area contributed by atoms with Crippen LogP contribution in [0, 0.1) is 10.1 Å². The van der Waals surface area contributed by atoms with Crippen LogP contribution in [0.1, 0.15) is 53.8 Å². The number of hydrogen-bond donors (Lipinski definition) is 2. The van der Waals surface area contributed by atoms with Gasteiger partial charge in [0.05, 0.1) is 16.7 Å². The Morgan fingerprint density at radius 3 is 2.59 bits per heavy atom. The fraction of sp³-hybridized carbons (Fsp3) is 0.263. The standard InChI is InChI=1S/C19H20N6O3S/c1-11(2)18-23-24-19(29-18)22-17(26)13-7-8-15(16(10-13)25(27)28)21-12(3)14-6-4-5-9-20-14/h4-12,21H,1-3H3,(H,22,24,26). The number of nitrogens with zero attached hydrogens (tertiary/aromatic N) is 4. The Labute approximate surface area is 171 Å². The van der Waals surface area contributed by atoms with Gasteiger partial charge < -0.3 is 5.32 Å². The van der Waals surface area contributed by atoms with Crippen LogP contribution in [0.3, 0.4) is 0 Å². The molecular formula is C19H20N6O3S. The van der Waals surface area contributed by atoms with Crippen molar-refractivity contribution < 1.29 is 9.72 Å². The highest BCUT2D eigenvalue weighted by molar-refractivity contribution is 7.15. The highest BCUT2D eigenvalue weighted by atomic mass is 32.1. The molecule has 1 amide bonds. The molecule has 0 bridgehead atoms. The minimum absolute atomic E-state index is 0.161. The summed E-state index contributed by atoms with van der Waals surface area (Å²) in [5, 5.41) is 26.4. The van der Waals surface area contributed by atoms with Gasteiger partial charge in [-0.15, -0.1) is 10.2 Å². The van der Waals surface area contributed by atoms with E-state index in [1.54, 1.807) is 12.3 Å². The first kappa shape index (κ1) is 20.3. The summed E-state index contributed by atoms with van der Waals surface area (Å²) in [6, 6.07) is 9.53. The molecule has 2 heterocycles. The zero-order valence-electron chi connectivity index (χ0n) is 16.1. The van der Waals surface area contributed by atoms with Gasteiger partial charge in [0.1, 0.15) is 10.7 Å². The third-order valence-corrected chi connectivity index (χ3v) is 5.25. The summed E-state index contributed by atoms with van der Waals surface area (Å²) in [6.45, 7) is 5.81. The predicted molar refractivity (Wildman–Crippen MR) is 111 cm³/mol. The number of aromatic nitrogens is 3. The van der Waals surface area contributed by atoms with Gasteiger partial charge in [-0.1, -0.05) is 31.3 Å². The van der Waals surface area contributed by atoms with Crippen LogP contribution < -0.4 is 10.6 Å². The summed E-state index contributed by atoms with van der Waals surface area (Å²) >= 11 is 1.28. The van der Waals surface area contributed by atoms with Crippen LogP contribution in [0.2, 0.25) is 0 Å². The maximum absolute atomic E-state index is 12.5. The normalized spacial score (nSPS) is 11.9. The monoisotopic (exact) mass is 412 g/mol. The maximum atomic E-state index is 12.5. The lowest BCUT2D eigenvalue weighted by Crippen LogP contribution is -2.13. The fourth-order valence-corrected chi connectivity index (χ4v) is 3.31. The van der Waals surface area contributed by atoms with Crippen LogP contribution >= 0.6 is 11.3 Å². The van der Waals surface area contributed by atoms with Crippen molar-refractivity contribution in [2.45, 2.75) is 32.7 Å². The van der Waals surface area contributed by atoms with Crippen LogP contribution in [0.25, 0.3) is 0 Å². The first-order valence-electron chi connectivity index (χ1n) is 8.95. The number of nitro groups is 1. The van der Waals surface area contributed by atoms with Crippen molar-refractivity contribution in [3.63, 3.8) is 0 Å². The number of rotatable bonds is 7. The minimum atomic E-state index is -0.522. The first-order chi connectivity index (χ1) is 13.8. The van der Waals surface area contributed by atoms with Crippen LogP contribution in [0.15, 0.2) is 42.6 Å². The maximum Gasteiger partial charge on any atom is 0.293 e. The van der Waals surface area contributed by atoms with Crippen molar-refractivity contribution in [2.75, 3.05) is 10.6 Å². The topological polar surface area (TPSA) is 123 Å². The Morgan fingerprint density at radius 2 is 1.97 bits per heavy atom. The average molecular weight is 412 g/mol. The number of amides is 1. The average Bonchev–Trinajstić information content (AvgIpc) is 3.17. The van der Waals surface area contributed by atoms with E-state index in [0.29, 0.717) is 10.8 Å². The fourth-order valence-electron chi connectivity index (χ4n) is 2.57. The van der Waals surface area contributed by atoms with Crippen LogP contribution in [0.5, 0.6) is 0 Å². The predicted octanol–water partition coefficient (Wildman–Crippen LogP) is 4.39. The molecule has 0 aliphatic rings. The van der Waals surface area contributed by atoms with Crippen molar-refractivity contribution in [1.82, 2.24) is 15.2 Å². The van der Waals surface area contributed by atoms with Gasteiger partial charge in [-0.05, 0) is 31.2 Å². The summed E-state index contributed by atoms with van der Waals surface area (Å²) in [5.41, 5.74) is 1.03. The molecule has 1 aromatic carbocycles. The molecule has 10 heteroatoms. The van der Waals surface area contributed by atoms with E-state index in [2.05, 4.69) is 25.8 Å². The second-order valence-electron chi connectivity index (χ2n) is 6.66. The molecule has 0 aliphatic heterocycles. The number of hydrogen-bond acceptors (Lipinski definition) is 8.